The lowest BCUT2D eigenvalue weighted by Crippen LogP contribution is -2.45. The first-order valence-electron chi connectivity index (χ1n) is 18.5. The molecule has 248 valence electrons. The van der Waals surface area contributed by atoms with Crippen molar-refractivity contribution in [3.05, 3.63) is 0 Å². The summed E-state index contributed by atoms with van der Waals surface area (Å²) in [4.78, 5) is 0. The van der Waals surface area contributed by atoms with Gasteiger partial charge in [0.1, 0.15) is 0 Å². The van der Waals surface area contributed by atoms with Crippen LogP contribution >= 0.6 is 0 Å². The van der Waals surface area contributed by atoms with Crippen LogP contribution in [-0.4, -0.2) is 35.5 Å². The lowest BCUT2D eigenvalue weighted by molar-refractivity contribution is -0.155. The zero-order valence-electron chi connectivity index (χ0n) is 30.3. The Hall–Kier alpha value is -0.120. The Morgan fingerprint density at radius 3 is 1.27 bits per heavy atom. The molecule has 1 N–H and O–H groups in total. The van der Waals surface area contributed by atoms with Gasteiger partial charge in [-0.3, -0.25) is 0 Å². The Morgan fingerprint density at radius 1 is 0.439 bits per heavy atom. The number of hydrogen-bond acceptors (Lipinski definition) is 3. The normalized spacial score (nSPS) is 13.3. The SMILES string of the molecule is CCCCCCC(C)(CCCCCC)NCCC(C)(C)OCCC(C)(C)OC(C)(CCCCCC)CCCCCC. The Morgan fingerprint density at radius 2 is 0.854 bits per heavy atom. The molecule has 41 heavy (non-hydrogen) atoms. The van der Waals surface area contributed by atoms with Gasteiger partial charge in [0, 0.05) is 5.54 Å². The average Bonchev–Trinajstić information content (AvgIpc) is 2.89. The molecule has 0 aliphatic rings. The number of ether oxygens (including phenoxy) is 2. The molecule has 0 atom stereocenters. The Labute approximate surface area is 260 Å². The molecule has 0 spiro atoms. The van der Waals surface area contributed by atoms with Gasteiger partial charge >= 0.3 is 0 Å². The molecule has 0 aliphatic heterocycles. The maximum atomic E-state index is 6.94. The van der Waals surface area contributed by atoms with Crippen LogP contribution in [-0.2, 0) is 9.47 Å². The zero-order valence-corrected chi connectivity index (χ0v) is 30.3. The highest BCUT2D eigenvalue weighted by molar-refractivity contribution is 4.85. The zero-order chi connectivity index (χ0) is 31.1. The summed E-state index contributed by atoms with van der Waals surface area (Å²) in [6, 6.07) is 0. The Kier molecular flexibility index (Phi) is 23.2. The number of rotatable bonds is 30. The van der Waals surface area contributed by atoms with Gasteiger partial charge < -0.3 is 14.8 Å². The molecule has 0 fully saturated rings. The lowest BCUT2D eigenvalue weighted by atomic mass is 9.87. The first kappa shape index (κ1) is 40.9. The van der Waals surface area contributed by atoms with Crippen LogP contribution < -0.4 is 5.32 Å². The summed E-state index contributed by atoms with van der Waals surface area (Å²) in [5.74, 6) is 0. The van der Waals surface area contributed by atoms with Crippen LogP contribution in [0.25, 0.3) is 0 Å². The first-order chi connectivity index (χ1) is 19.4. The van der Waals surface area contributed by atoms with Crippen LogP contribution in [0, 0.1) is 0 Å². The summed E-state index contributed by atoms with van der Waals surface area (Å²) < 4.78 is 13.5. The van der Waals surface area contributed by atoms with E-state index in [4.69, 9.17) is 9.47 Å². The van der Waals surface area contributed by atoms with Gasteiger partial charge in [-0.15, -0.1) is 0 Å². The van der Waals surface area contributed by atoms with Crippen molar-refractivity contribution in [2.75, 3.05) is 13.2 Å². The van der Waals surface area contributed by atoms with Crippen LogP contribution in [0.2, 0.25) is 0 Å². The Bertz CT molecular complexity index is 561. The molecule has 0 saturated heterocycles. The molecule has 0 amide bonds. The fourth-order valence-electron chi connectivity index (χ4n) is 6.29. The maximum absolute atomic E-state index is 6.94. The van der Waals surface area contributed by atoms with Gasteiger partial charge in [-0.1, -0.05) is 130 Å². The van der Waals surface area contributed by atoms with Gasteiger partial charge in [0.2, 0.25) is 0 Å². The lowest BCUT2D eigenvalue weighted by Gasteiger charge is -2.40. The topological polar surface area (TPSA) is 30.5 Å². The molecular weight excluding hydrogens is 502 g/mol. The standard InChI is InChI=1S/C38H79NO2/c1-11-15-19-23-27-37(9,28-24-20-16-12-2)39-33-31-35(5,6)40-34-32-36(7,8)41-38(10,29-25-21-17-13-3)30-26-22-18-14-4/h39H,11-34H2,1-10H3. The monoisotopic (exact) mass is 582 g/mol. The molecule has 0 unspecified atom stereocenters. The van der Waals surface area contributed by atoms with Gasteiger partial charge in [0.05, 0.1) is 23.4 Å². The smallest absolute Gasteiger partial charge is 0.0661 e. The molecule has 0 rings (SSSR count). The van der Waals surface area contributed by atoms with E-state index in [9.17, 15) is 0 Å². The third-order valence-corrected chi connectivity index (χ3v) is 9.28. The summed E-state index contributed by atoms with van der Waals surface area (Å²) in [5.41, 5.74) is -0.0680. The summed E-state index contributed by atoms with van der Waals surface area (Å²) in [6.45, 7) is 24.9. The van der Waals surface area contributed by atoms with E-state index in [1.807, 2.05) is 0 Å². The minimum absolute atomic E-state index is 0.0247. The van der Waals surface area contributed by atoms with Gasteiger partial charge in [-0.25, -0.2) is 0 Å². The van der Waals surface area contributed by atoms with Crippen molar-refractivity contribution < 1.29 is 9.47 Å². The molecular formula is C38H79NO2. The highest BCUT2D eigenvalue weighted by atomic mass is 16.5. The van der Waals surface area contributed by atoms with Crippen molar-refractivity contribution in [1.82, 2.24) is 5.32 Å². The van der Waals surface area contributed by atoms with E-state index in [1.54, 1.807) is 0 Å². The van der Waals surface area contributed by atoms with Crippen LogP contribution in [0.15, 0.2) is 0 Å². The second kappa shape index (κ2) is 23.3. The van der Waals surface area contributed by atoms with Crippen LogP contribution in [0.1, 0.15) is 210 Å². The maximum Gasteiger partial charge on any atom is 0.0661 e. The van der Waals surface area contributed by atoms with Crippen molar-refractivity contribution >= 4 is 0 Å². The largest absolute Gasteiger partial charge is 0.375 e. The van der Waals surface area contributed by atoms with Crippen LogP contribution in [0.4, 0.5) is 0 Å². The van der Waals surface area contributed by atoms with E-state index in [0.717, 1.165) is 26.0 Å². The fourth-order valence-corrected chi connectivity index (χ4v) is 6.29. The summed E-state index contributed by atoms with van der Waals surface area (Å²) in [5, 5.41) is 4.00. The molecule has 3 nitrogen and oxygen atoms in total. The number of hydrogen-bond donors (Lipinski definition) is 1. The highest BCUT2D eigenvalue weighted by Crippen LogP contribution is 2.33. The average molecular weight is 582 g/mol. The molecule has 0 heterocycles. The van der Waals surface area contributed by atoms with Crippen molar-refractivity contribution in [3.63, 3.8) is 0 Å². The van der Waals surface area contributed by atoms with E-state index in [2.05, 4.69) is 74.6 Å². The van der Waals surface area contributed by atoms with E-state index < -0.39 is 0 Å². The van der Waals surface area contributed by atoms with Crippen LogP contribution in [0.3, 0.4) is 0 Å². The molecule has 0 radical (unpaired) electrons. The molecule has 3 heteroatoms. The molecule has 0 aromatic carbocycles. The third kappa shape index (κ3) is 23.0. The number of nitrogens with one attached hydrogen (secondary N) is 1. The minimum Gasteiger partial charge on any atom is -0.375 e. The molecule has 0 bridgehead atoms. The second-order valence-corrected chi connectivity index (χ2v) is 15.1. The first-order valence-corrected chi connectivity index (χ1v) is 18.5. The van der Waals surface area contributed by atoms with E-state index in [-0.39, 0.29) is 22.3 Å². The molecule has 0 saturated carbocycles. The quantitative estimate of drug-likeness (QED) is 0.0856. The molecule has 0 aromatic heterocycles. The van der Waals surface area contributed by atoms with E-state index in [1.165, 1.54) is 128 Å². The van der Waals surface area contributed by atoms with Crippen molar-refractivity contribution in [3.8, 4) is 0 Å². The van der Waals surface area contributed by atoms with E-state index in [0.29, 0.717) is 0 Å². The summed E-state index contributed by atoms with van der Waals surface area (Å²) >= 11 is 0. The van der Waals surface area contributed by atoms with Gasteiger partial charge in [0.15, 0.2) is 0 Å². The van der Waals surface area contributed by atoms with Gasteiger partial charge in [0.25, 0.3) is 0 Å². The van der Waals surface area contributed by atoms with Crippen molar-refractivity contribution in [2.45, 2.75) is 233 Å². The summed E-state index contributed by atoms with van der Waals surface area (Å²) in [6.07, 6.45) is 28.2. The van der Waals surface area contributed by atoms with E-state index >= 15 is 0 Å². The van der Waals surface area contributed by atoms with Crippen molar-refractivity contribution in [1.29, 1.82) is 0 Å². The molecule has 0 aromatic rings. The third-order valence-electron chi connectivity index (χ3n) is 9.28. The molecule has 0 aliphatic carbocycles. The second-order valence-electron chi connectivity index (χ2n) is 15.1. The van der Waals surface area contributed by atoms with Gasteiger partial charge in [-0.05, 0) is 86.6 Å². The van der Waals surface area contributed by atoms with Crippen LogP contribution in [0.5, 0.6) is 0 Å². The fraction of sp³-hybridized carbons (Fsp3) is 1.00. The number of unbranched alkanes of at least 4 members (excludes halogenated alkanes) is 12. The minimum atomic E-state index is -0.172. The Balaban J connectivity index is 4.82. The predicted octanol–water partition coefficient (Wildman–Crippen LogP) is 12.3. The van der Waals surface area contributed by atoms with Gasteiger partial charge in [-0.2, -0.15) is 0 Å². The van der Waals surface area contributed by atoms with Crippen molar-refractivity contribution in [2.24, 2.45) is 0 Å². The highest BCUT2D eigenvalue weighted by Gasteiger charge is 2.33. The summed E-state index contributed by atoms with van der Waals surface area (Å²) in [7, 11) is 0. The predicted molar refractivity (Wildman–Crippen MR) is 184 cm³/mol.